The van der Waals surface area contributed by atoms with Gasteiger partial charge < -0.3 is 14.8 Å². The molecule has 2 N–H and O–H groups in total. The Morgan fingerprint density at radius 1 is 1.42 bits per heavy atom. The Morgan fingerprint density at radius 2 is 2.00 bits per heavy atom. The van der Waals surface area contributed by atoms with Gasteiger partial charge in [0.05, 0.1) is 6.61 Å². The summed E-state index contributed by atoms with van der Waals surface area (Å²) in [6.07, 6.45) is 0. The number of sulfonamides is 1. The molecule has 0 atom stereocenters. The number of aryl methyl sites for hydroxylation is 1. The van der Waals surface area contributed by atoms with E-state index in [1.807, 2.05) is 0 Å². The second-order valence-electron chi connectivity index (χ2n) is 4.20. The molecule has 0 saturated carbocycles. The van der Waals surface area contributed by atoms with Crippen molar-refractivity contribution in [3.8, 4) is 0 Å². The summed E-state index contributed by atoms with van der Waals surface area (Å²) >= 11 is 0. The van der Waals surface area contributed by atoms with Crippen LogP contribution in [0.25, 0.3) is 0 Å². The molecule has 0 aromatic carbocycles. The van der Waals surface area contributed by atoms with Gasteiger partial charge in [0.25, 0.3) is 0 Å². The standard InChI is InChI=1S/C11H18N2O5S/c1-7-9(11(14)15)12-8(2)10(7)19(16,17)13(3)5-6-18-4/h12H,5-6H2,1-4H3,(H,14,15). The van der Waals surface area contributed by atoms with Crippen LogP contribution < -0.4 is 0 Å². The summed E-state index contributed by atoms with van der Waals surface area (Å²) < 4.78 is 30.7. The van der Waals surface area contributed by atoms with Crippen LogP contribution >= 0.6 is 0 Å². The first-order valence-electron chi connectivity index (χ1n) is 5.61. The van der Waals surface area contributed by atoms with E-state index in [0.29, 0.717) is 5.69 Å². The third-order valence-electron chi connectivity index (χ3n) is 2.86. The predicted octanol–water partition coefficient (Wildman–Crippen LogP) is 0.597. The quantitative estimate of drug-likeness (QED) is 0.799. The van der Waals surface area contributed by atoms with Gasteiger partial charge in [-0.2, -0.15) is 4.31 Å². The van der Waals surface area contributed by atoms with Crippen LogP contribution in [0.5, 0.6) is 0 Å². The van der Waals surface area contributed by atoms with Gasteiger partial charge in [-0.15, -0.1) is 0 Å². The van der Waals surface area contributed by atoms with Crippen LogP contribution in [-0.2, 0) is 14.8 Å². The lowest BCUT2D eigenvalue weighted by molar-refractivity contribution is 0.0690. The number of likely N-dealkylation sites (N-methyl/N-ethyl adjacent to an activating group) is 1. The van der Waals surface area contributed by atoms with E-state index in [2.05, 4.69) is 4.98 Å². The molecule has 0 spiro atoms. The molecule has 0 fully saturated rings. The number of nitrogens with zero attached hydrogens (tertiary/aromatic N) is 1. The molecule has 0 saturated heterocycles. The van der Waals surface area contributed by atoms with E-state index in [1.54, 1.807) is 0 Å². The largest absolute Gasteiger partial charge is 0.477 e. The monoisotopic (exact) mass is 290 g/mol. The Hall–Kier alpha value is -1.38. The highest BCUT2D eigenvalue weighted by Gasteiger charge is 2.29. The van der Waals surface area contributed by atoms with E-state index in [4.69, 9.17) is 9.84 Å². The number of hydrogen-bond donors (Lipinski definition) is 2. The van der Waals surface area contributed by atoms with Gasteiger partial charge in [0.1, 0.15) is 10.6 Å². The molecular weight excluding hydrogens is 272 g/mol. The Bertz CT molecular complexity index is 576. The summed E-state index contributed by atoms with van der Waals surface area (Å²) in [4.78, 5) is 13.6. The number of aromatic nitrogens is 1. The Morgan fingerprint density at radius 3 is 2.42 bits per heavy atom. The van der Waals surface area contributed by atoms with Crippen molar-refractivity contribution in [3.05, 3.63) is 17.0 Å². The van der Waals surface area contributed by atoms with Crippen molar-refractivity contribution < 1.29 is 23.1 Å². The summed E-state index contributed by atoms with van der Waals surface area (Å²) in [6.45, 7) is 3.48. The zero-order valence-corrected chi connectivity index (χ0v) is 12.2. The van der Waals surface area contributed by atoms with E-state index in [1.165, 1.54) is 28.0 Å². The van der Waals surface area contributed by atoms with Crippen LogP contribution in [0.2, 0.25) is 0 Å². The maximum atomic E-state index is 12.4. The van der Waals surface area contributed by atoms with Gasteiger partial charge >= 0.3 is 5.97 Å². The SMILES string of the molecule is COCCN(C)S(=O)(=O)c1c(C)[nH]c(C(=O)O)c1C. The van der Waals surface area contributed by atoms with Crippen LogP contribution in [0.1, 0.15) is 21.7 Å². The van der Waals surface area contributed by atoms with E-state index < -0.39 is 16.0 Å². The Labute approximate surface area is 112 Å². The third kappa shape index (κ3) is 2.96. The second kappa shape index (κ2) is 5.72. The zero-order chi connectivity index (χ0) is 14.8. The van der Waals surface area contributed by atoms with Crippen LogP contribution in [0, 0.1) is 13.8 Å². The highest BCUT2D eigenvalue weighted by Crippen LogP contribution is 2.25. The molecule has 0 aliphatic heterocycles. The van der Waals surface area contributed by atoms with Crippen molar-refractivity contribution in [2.24, 2.45) is 0 Å². The van der Waals surface area contributed by atoms with Crippen molar-refractivity contribution in [3.63, 3.8) is 0 Å². The topological polar surface area (TPSA) is 99.7 Å². The normalized spacial score (nSPS) is 12.1. The number of rotatable bonds is 6. The number of carboxylic acids is 1. The van der Waals surface area contributed by atoms with Gasteiger partial charge in [-0.05, 0) is 13.8 Å². The van der Waals surface area contributed by atoms with Gasteiger partial charge in [0, 0.05) is 32.0 Å². The first-order chi connectivity index (χ1) is 8.73. The van der Waals surface area contributed by atoms with Gasteiger partial charge in [0.15, 0.2) is 0 Å². The fraction of sp³-hybridized carbons (Fsp3) is 0.545. The van der Waals surface area contributed by atoms with Gasteiger partial charge in [-0.25, -0.2) is 13.2 Å². The summed E-state index contributed by atoms with van der Waals surface area (Å²) in [5.41, 5.74) is 0.435. The van der Waals surface area contributed by atoms with E-state index in [0.717, 1.165) is 4.31 Å². The number of ether oxygens (including phenoxy) is 1. The maximum absolute atomic E-state index is 12.4. The van der Waals surface area contributed by atoms with Crippen molar-refractivity contribution in [1.29, 1.82) is 0 Å². The zero-order valence-electron chi connectivity index (χ0n) is 11.3. The molecule has 7 nitrogen and oxygen atoms in total. The van der Waals surface area contributed by atoms with Crippen LogP contribution in [0.4, 0.5) is 0 Å². The maximum Gasteiger partial charge on any atom is 0.352 e. The summed E-state index contributed by atoms with van der Waals surface area (Å²) in [7, 11) is -0.813. The first-order valence-corrected chi connectivity index (χ1v) is 7.05. The summed E-state index contributed by atoms with van der Waals surface area (Å²) in [5, 5.41) is 8.99. The first kappa shape index (κ1) is 15.7. The highest BCUT2D eigenvalue weighted by atomic mass is 32.2. The van der Waals surface area contributed by atoms with E-state index >= 15 is 0 Å². The number of methoxy groups -OCH3 is 1. The molecule has 0 aliphatic carbocycles. The number of nitrogens with one attached hydrogen (secondary N) is 1. The lowest BCUT2D eigenvalue weighted by atomic mass is 10.2. The molecule has 0 radical (unpaired) electrons. The summed E-state index contributed by atoms with van der Waals surface area (Å²) in [6, 6.07) is 0. The molecule has 0 unspecified atom stereocenters. The lowest BCUT2D eigenvalue weighted by Gasteiger charge is -2.17. The molecule has 19 heavy (non-hydrogen) atoms. The minimum Gasteiger partial charge on any atom is -0.477 e. The number of aromatic amines is 1. The van der Waals surface area contributed by atoms with Crippen molar-refractivity contribution >= 4 is 16.0 Å². The lowest BCUT2D eigenvalue weighted by Crippen LogP contribution is -2.30. The Balaban J connectivity index is 3.26. The second-order valence-corrected chi connectivity index (χ2v) is 6.19. The minimum atomic E-state index is -3.73. The van der Waals surface area contributed by atoms with Crippen LogP contribution in [0.15, 0.2) is 4.90 Å². The van der Waals surface area contributed by atoms with E-state index in [9.17, 15) is 13.2 Å². The smallest absolute Gasteiger partial charge is 0.352 e. The van der Waals surface area contributed by atoms with Gasteiger partial charge in [0.2, 0.25) is 10.0 Å². The molecule has 1 rings (SSSR count). The fourth-order valence-electron chi connectivity index (χ4n) is 1.83. The number of H-pyrrole nitrogens is 1. The van der Waals surface area contributed by atoms with Crippen molar-refractivity contribution in [1.82, 2.24) is 9.29 Å². The third-order valence-corrected chi connectivity index (χ3v) is 4.99. The van der Waals surface area contributed by atoms with Crippen molar-refractivity contribution in [2.45, 2.75) is 18.7 Å². The number of aromatic carboxylic acids is 1. The Kier molecular flexibility index (Phi) is 4.72. The molecular formula is C11H18N2O5S. The number of carbonyl (C=O) groups is 1. The van der Waals surface area contributed by atoms with Crippen LogP contribution in [-0.4, -0.2) is 56.1 Å². The summed E-state index contributed by atoms with van der Waals surface area (Å²) in [5.74, 6) is -1.18. The molecule has 1 aromatic heterocycles. The molecule has 0 aliphatic rings. The molecule has 8 heteroatoms. The van der Waals surface area contributed by atoms with Crippen molar-refractivity contribution in [2.75, 3.05) is 27.3 Å². The van der Waals surface area contributed by atoms with Crippen LogP contribution in [0.3, 0.4) is 0 Å². The molecule has 1 aromatic rings. The fourth-order valence-corrected chi connectivity index (χ4v) is 3.38. The molecule has 0 amide bonds. The average molecular weight is 290 g/mol. The number of hydrogen-bond acceptors (Lipinski definition) is 4. The van der Waals surface area contributed by atoms with Gasteiger partial charge in [-0.3, -0.25) is 0 Å². The molecule has 0 bridgehead atoms. The number of carboxylic acid groups (broad SMARTS) is 1. The van der Waals surface area contributed by atoms with Gasteiger partial charge in [-0.1, -0.05) is 0 Å². The highest BCUT2D eigenvalue weighted by molar-refractivity contribution is 7.89. The average Bonchev–Trinajstić information content (AvgIpc) is 2.62. The molecule has 108 valence electrons. The minimum absolute atomic E-state index is 0.0171. The molecule has 1 heterocycles. The van der Waals surface area contributed by atoms with E-state index in [-0.39, 0.29) is 29.3 Å². The predicted molar refractivity (Wildman–Crippen MR) is 68.9 cm³/mol.